The van der Waals surface area contributed by atoms with Crippen LogP contribution in [-0.4, -0.2) is 37.6 Å². The Balaban J connectivity index is 1.17. The Morgan fingerprint density at radius 1 is 0.951 bits per heavy atom. The number of amides is 1. The van der Waals surface area contributed by atoms with Gasteiger partial charge in [-0.3, -0.25) is 18.7 Å². The molecule has 0 spiro atoms. The molecular formula is C31H29FN4O4S. The van der Waals surface area contributed by atoms with E-state index < -0.39 is 11.4 Å². The summed E-state index contributed by atoms with van der Waals surface area (Å²) in [6.45, 7) is 0. The van der Waals surface area contributed by atoms with Crippen LogP contribution in [0.4, 0.5) is 4.39 Å². The summed E-state index contributed by atoms with van der Waals surface area (Å²) in [6, 6.07) is 13.4. The van der Waals surface area contributed by atoms with Gasteiger partial charge in [-0.15, -0.1) is 0 Å². The molecule has 0 unspecified atom stereocenters. The van der Waals surface area contributed by atoms with E-state index in [4.69, 9.17) is 4.42 Å². The lowest BCUT2D eigenvalue weighted by atomic mass is 9.90. The molecule has 1 aliphatic carbocycles. The molecule has 0 atom stereocenters. The highest BCUT2D eigenvalue weighted by atomic mass is 32.2. The molecule has 4 heterocycles. The molecule has 0 bridgehead atoms. The summed E-state index contributed by atoms with van der Waals surface area (Å²) in [7, 11) is 0. The van der Waals surface area contributed by atoms with Crippen LogP contribution in [0.15, 0.2) is 68.7 Å². The fraction of sp³-hybridized carbons (Fsp3) is 0.355. The minimum absolute atomic E-state index is 0.0812. The van der Waals surface area contributed by atoms with Gasteiger partial charge in [0.25, 0.3) is 11.5 Å². The van der Waals surface area contributed by atoms with Crippen LogP contribution in [-0.2, 0) is 0 Å². The van der Waals surface area contributed by atoms with Gasteiger partial charge in [-0.25, -0.2) is 14.2 Å². The highest BCUT2D eigenvalue weighted by molar-refractivity contribution is 7.99. The number of furan rings is 1. The summed E-state index contributed by atoms with van der Waals surface area (Å²) in [6.07, 6.45) is 4.88. The van der Waals surface area contributed by atoms with Crippen LogP contribution in [0, 0.1) is 17.7 Å². The Bertz CT molecular complexity index is 1750. The number of pyridine rings is 1. The lowest BCUT2D eigenvalue weighted by Gasteiger charge is -2.31. The fourth-order valence-electron chi connectivity index (χ4n) is 5.72. The van der Waals surface area contributed by atoms with E-state index in [0.29, 0.717) is 31.4 Å². The normalized spacial score (nSPS) is 19.4. The molecular weight excluding hydrogens is 543 g/mol. The first-order valence-corrected chi connectivity index (χ1v) is 15.0. The number of fused-ring (bicyclic) bond motifs is 1. The lowest BCUT2D eigenvalue weighted by Crippen LogP contribution is -2.46. The molecule has 3 aromatic heterocycles. The van der Waals surface area contributed by atoms with Crippen molar-refractivity contribution in [3.63, 3.8) is 0 Å². The molecule has 41 heavy (non-hydrogen) atoms. The van der Waals surface area contributed by atoms with E-state index in [2.05, 4.69) is 22.1 Å². The number of halogens is 1. The summed E-state index contributed by atoms with van der Waals surface area (Å²) in [4.78, 5) is 44.3. The van der Waals surface area contributed by atoms with Crippen molar-refractivity contribution in [2.75, 3.05) is 11.5 Å². The Morgan fingerprint density at radius 2 is 1.68 bits per heavy atom. The van der Waals surface area contributed by atoms with Crippen molar-refractivity contribution >= 4 is 28.7 Å². The maximum Gasteiger partial charge on any atom is 0.333 e. The SMILES string of the molecule is O=C(NC1CCC(n2c(=O)c3cc(F)cnc3n(C3CCSCC3)c2=O)CC1)c1ccc(C#Cc2ccccc2)o1. The third-order valence-electron chi connectivity index (χ3n) is 7.81. The van der Waals surface area contributed by atoms with Crippen molar-refractivity contribution in [1.82, 2.24) is 19.4 Å². The Hall–Kier alpha value is -4.10. The van der Waals surface area contributed by atoms with Crippen molar-refractivity contribution < 1.29 is 13.6 Å². The number of hydrogen-bond acceptors (Lipinski definition) is 6. The number of hydrogen-bond donors (Lipinski definition) is 1. The van der Waals surface area contributed by atoms with Crippen LogP contribution < -0.4 is 16.6 Å². The number of carbonyl (C=O) groups excluding carboxylic acids is 1. The maximum atomic E-state index is 14.1. The molecule has 8 nitrogen and oxygen atoms in total. The van der Waals surface area contributed by atoms with Crippen molar-refractivity contribution in [2.45, 2.75) is 56.7 Å². The van der Waals surface area contributed by atoms with Crippen molar-refractivity contribution in [3.05, 3.63) is 98.5 Å². The van der Waals surface area contributed by atoms with Gasteiger partial charge in [0.05, 0.1) is 11.6 Å². The van der Waals surface area contributed by atoms with Crippen molar-refractivity contribution in [3.8, 4) is 11.8 Å². The highest BCUT2D eigenvalue weighted by Crippen LogP contribution is 2.30. The number of rotatable bonds is 4. The highest BCUT2D eigenvalue weighted by Gasteiger charge is 2.30. The summed E-state index contributed by atoms with van der Waals surface area (Å²) in [5, 5.41) is 3.14. The first-order valence-electron chi connectivity index (χ1n) is 13.9. The van der Waals surface area contributed by atoms with Crippen LogP contribution in [0.25, 0.3) is 11.0 Å². The first-order chi connectivity index (χ1) is 20.0. The van der Waals surface area contributed by atoms with Gasteiger partial charge in [0.1, 0.15) is 11.5 Å². The van der Waals surface area contributed by atoms with Crippen molar-refractivity contribution in [1.29, 1.82) is 0 Å². The first kappa shape index (κ1) is 27.1. The van der Waals surface area contributed by atoms with E-state index in [1.54, 1.807) is 16.7 Å². The number of nitrogens with one attached hydrogen (secondary N) is 1. The fourth-order valence-corrected chi connectivity index (χ4v) is 6.80. The number of benzene rings is 1. The zero-order valence-corrected chi connectivity index (χ0v) is 23.2. The van der Waals surface area contributed by atoms with E-state index in [9.17, 15) is 18.8 Å². The summed E-state index contributed by atoms with van der Waals surface area (Å²) in [5.74, 6) is 7.41. The Kier molecular flexibility index (Phi) is 7.79. The monoisotopic (exact) mass is 572 g/mol. The number of nitrogens with zero attached hydrogens (tertiary/aromatic N) is 3. The number of carbonyl (C=O) groups is 1. The molecule has 1 aliphatic heterocycles. The van der Waals surface area contributed by atoms with Crippen LogP contribution in [0.1, 0.15) is 72.5 Å². The van der Waals surface area contributed by atoms with Crippen molar-refractivity contribution in [2.24, 2.45) is 0 Å². The quantitative estimate of drug-likeness (QED) is 0.357. The van der Waals surface area contributed by atoms with Gasteiger partial charge in [-0.1, -0.05) is 24.1 Å². The third kappa shape index (κ3) is 5.72. The zero-order valence-electron chi connectivity index (χ0n) is 22.3. The second kappa shape index (κ2) is 11.8. The molecule has 2 aliphatic rings. The van der Waals surface area contributed by atoms with E-state index in [0.717, 1.165) is 36.1 Å². The molecule has 2 fully saturated rings. The van der Waals surface area contributed by atoms with Crippen LogP contribution in [0.3, 0.4) is 0 Å². The summed E-state index contributed by atoms with van der Waals surface area (Å²) < 4.78 is 22.7. The molecule has 1 amide bonds. The van der Waals surface area contributed by atoms with Gasteiger partial charge < -0.3 is 9.73 Å². The number of thioether (sulfide) groups is 1. The summed E-state index contributed by atoms with van der Waals surface area (Å²) in [5.41, 5.74) is 0.209. The predicted octanol–water partition coefficient (Wildman–Crippen LogP) is 4.67. The standard InChI is InChI=1S/C31H29FN4O4S/c32-21-18-26-28(33-19-21)35(24-14-16-41-17-15-24)31(39)36(30(26)38)23-9-7-22(8-10-23)34-29(37)27-13-12-25(40-27)11-6-20-4-2-1-3-5-20/h1-5,12-13,18-19,22-24H,7-10,14-17H2,(H,34,37). The van der Waals surface area contributed by atoms with Crippen LogP contribution >= 0.6 is 11.8 Å². The number of aromatic nitrogens is 3. The van der Waals surface area contributed by atoms with Gasteiger partial charge in [0, 0.05) is 23.7 Å². The van der Waals surface area contributed by atoms with Gasteiger partial charge >= 0.3 is 5.69 Å². The Labute approximate surface area is 240 Å². The smallest absolute Gasteiger partial charge is 0.333 e. The third-order valence-corrected chi connectivity index (χ3v) is 8.86. The minimum Gasteiger partial charge on any atom is -0.443 e. The van der Waals surface area contributed by atoms with E-state index >= 15 is 0 Å². The molecule has 1 aromatic carbocycles. The maximum absolute atomic E-state index is 14.1. The van der Waals surface area contributed by atoms with E-state index in [1.807, 2.05) is 42.1 Å². The Morgan fingerprint density at radius 3 is 2.44 bits per heavy atom. The average molecular weight is 573 g/mol. The van der Waals surface area contributed by atoms with Crippen LogP contribution in [0.2, 0.25) is 0 Å². The zero-order chi connectivity index (χ0) is 28.3. The van der Waals surface area contributed by atoms with E-state index in [1.165, 1.54) is 10.6 Å². The lowest BCUT2D eigenvalue weighted by molar-refractivity contribution is 0.0893. The molecule has 1 saturated heterocycles. The molecule has 4 aromatic rings. The van der Waals surface area contributed by atoms with Gasteiger partial charge in [0.2, 0.25) is 0 Å². The van der Waals surface area contributed by atoms with Gasteiger partial charge in [-0.05, 0) is 86.3 Å². The molecule has 10 heteroatoms. The largest absolute Gasteiger partial charge is 0.443 e. The molecule has 0 radical (unpaired) electrons. The molecule has 210 valence electrons. The van der Waals surface area contributed by atoms with E-state index in [-0.39, 0.29) is 46.5 Å². The molecule has 1 N–H and O–H groups in total. The van der Waals surface area contributed by atoms with Gasteiger partial charge in [-0.2, -0.15) is 11.8 Å². The molecule has 1 saturated carbocycles. The average Bonchev–Trinajstić information content (AvgIpc) is 3.48. The predicted molar refractivity (Wildman–Crippen MR) is 156 cm³/mol. The second-order valence-electron chi connectivity index (χ2n) is 10.5. The second-order valence-corrected chi connectivity index (χ2v) is 11.7. The molecule has 6 rings (SSSR count). The topological polar surface area (TPSA) is 99.1 Å². The summed E-state index contributed by atoms with van der Waals surface area (Å²) >= 11 is 1.84. The van der Waals surface area contributed by atoms with Crippen LogP contribution in [0.5, 0.6) is 0 Å². The van der Waals surface area contributed by atoms with Gasteiger partial charge in [0.15, 0.2) is 11.5 Å². The minimum atomic E-state index is -0.607.